The van der Waals surface area contributed by atoms with Gasteiger partial charge in [0.1, 0.15) is 0 Å². The zero-order valence-electron chi connectivity index (χ0n) is 4.85. The fraction of sp³-hybridized carbons (Fsp3) is 0.600. The number of carboxylic acids is 1. The molecule has 0 aliphatic rings. The van der Waals surface area contributed by atoms with Crippen LogP contribution >= 0.6 is 0 Å². The molecule has 0 aliphatic carbocycles. The number of aliphatic carboxylic acids is 1. The van der Waals surface area contributed by atoms with Crippen LogP contribution in [0.25, 0.3) is 0 Å². The van der Waals surface area contributed by atoms with Crippen molar-refractivity contribution in [3.63, 3.8) is 0 Å². The van der Waals surface area contributed by atoms with Crippen molar-refractivity contribution in [3.8, 4) is 0 Å². The summed E-state index contributed by atoms with van der Waals surface area (Å²) in [4.78, 5) is 9.83. The molecule has 0 aromatic rings. The van der Waals surface area contributed by atoms with Crippen LogP contribution in [-0.4, -0.2) is 18.1 Å². The maximum absolute atomic E-state index is 9.83. The van der Waals surface area contributed by atoms with Gasteiger partial charge < -0.3 is 10.4 Å². The van der Waals surface area contributed by atoms with Gasteiger partial charge in [-0.05, 0) is 13.5 Å². The Morgan fingerprint density at radius 1 is 1.88 bits per heavy atom. The molecule has 0 amide bonds. The standard InChI is InChI=1S/C5H10NO2/c1-6-4-2-3-5(7)8/h4,6H,2-3H2,1H3,(H,7,8). The molecular weight excluding hydrogens is 106 g/mol. The van der Waals surface area contributed by atoms with Crippen molar-refractivity contribution in [2.24, 2.45) is 0 Å². The van der Waals surface area contributed by atoms with Crippen LogP contribution in [0.5, 0.6) is 0 Å². The largest absolute Gasteiger partial charge is 0.481 e. The van der Waals surface area contributed by atoms with E-state index in [4.69, 9.17) is 5.11 Å². The molecule has 2 N–H and O–H groups in total. The lowest BCUT2D eigenvalue weighted by Gasteiger charge is -1.91. The highest BCUT2D eigenvalue weighted by Crippen LogP contribution is 1.88. The molecule has 0 saturated carbocycles. The number of nitrogens with one attached hydrogen (secondary N) is 1. The van der Waals surface area contributed by atoms with Gasteiger partial charge >= 0.3 is 5.97 Å². The van der Waals surface area contributed by atoms with Crippen molar-refractivity contribution in [1.29, 1.82) is 0 Å². The van der Waals surface area contributed by atoms with Gasteiger partial charge in [0.2, 0.25) is 0 Å². The van der Waals surface area contributed by atoms with Crippen LogP contribution in [0.2, 0.25) is 0 Å². The minimum absolute atomic E-state index is 0.209. The van der Waals surface area contributed by atoms with E-state index >= 15 is 0 Å². The summed E-state index contributed by atoms with van der Waals surface area (Å²) in [5, 5.41) is 10.8. The second-order valence-electron chi connectivity index (χ2n) is 1.43. The molecule has 0 saturated heterocycles. The number of hydrogen-bond donors (Lipinski definition) is 2. The molecule has 0 aromatic heterocycles. The Bertz CT molecular complexity index is 72.8. The zero-order chi connectivity index (χ0) is 6.41. The number of carbonyl (C=O) groups is 1. The Kier molecular flexibility index (Phi) is 4.26. The quantitative estimate of drug-likeness (QED) is 0.517. The van der Waals surface area contributed by atoms with Crippen molar-refractivity contribution >= 4 is 5.97 Å². The van der Waals surface area contributed by atoms with E-state index in [0.29, 0.717) is 6.42 Å². The van der Waals surface area contributed by atoms with Gasteiger partial charge in [-0.1, -0.05) is 0 Å². The van der Waals surface area contributed by atoms with Crippen molar-refractivity contribution in [1.82, 2.24) is 5.32 Å². The normalized spacial score (nSPS) is 9.12. The van der Waals surface area contributed by atoms with Crippen LogP contribution in [0, 0.1) is 6.54 Å². The predicted molar refractivity (Wildman–Crippen MR) is 30.2 cm³/mol. The van der Waals surface area contributed by atoms with Crippen molar-refractivity contribution in [2.45, 2.75) is 12.8 Å². The van der Waals surface area contributed by atoms with E-state index in [9.17, 15) is 4.79 Å². The van der Waals surface area contributed by atoms with Gasteiger partial charge in [0, 0.05) is 13.0 Å². The van der Waals surface area contributed by atoms with Crippen LogP contribution in [0.4, 0.5) is 0 Å². The highest BCUT2D eigenvalue weighted by molar-refractivity contribution is 5.66. The lowest BCUT2D eigenvalue weighted by atomic mass is 10.3. The summed E-state index contributed by atoms with van der Waals surface area (Å²) < 4.78 is 0. The molecule has 0 atom stereocenters. The van der Waals surface area contributed by atoms with Gasteiger partial charge in [-0.2, -0.15) is 0 Å². The predicted octanol–water partition coefficient (Wildman–Crippen LogP) is 0.232. The van der Waals surface area contributed by atoms with E-state index in [-0.39, 0.29) is 6.42 Å². The Balaban J connectivity index is 2.82. The molecule has 1 radical (unpaired) electrons. The Hall–Kier alpha value is -0.570. The lowest BCUT2D eigenvalue weighted by molar-refractivity contribution is -0.136. The fourth-order valence-electron chi connectivity index (χ4n) is 0.340. The van der Waals surface area contributed by atoms with Gasteiger partial charge in [0.25, 0.3) is 0 Å². The maximum atomic E-state index is 9.83. The second-order valence-corrected chi connectivity index (χ2v) is 1.43. The first-order valence-electron chi connectivity index (χ1n) is 2.48. The van der Waals surface area contributed by atoms with E-state index < -0.39 is 5.97 Å². The minimum Gasteiger partial charge on any atom is -0.481 e. The average Bonchev–Trinajstić information content (AvgIpc) is 1.66. The third kappa shape index (κ3) is 5.43. The molecule has 0 rings (SSSR count). The highest BCUT2D eigenvalue weighted by Gasteiger charge is 1.92. The van der Waals surface area contributed by atoms with Crippen LogP contribution in [0.1, 0.15) is 12.8 Å². The summed E-state index contributed by atoms with van der Waals surface area (Å²) in [5.41, 5.74) is 0. The topological polar surface area (TPSA) is 49.3 Å². The van der Waals surface area contributed by atoms with Crippen molar-refractivity contribution < 1.29 is 9.90 Å². The number of hydrogen-bond acceptors (Lipinski definition) is 2. The van der Waals surface area contributed by atoms with E-state index in [1.807, 2.05) is 0 Å². The molecule has 8 heavy (non-hydrogen) atoms. The summed E-state index contributed by atoms with van der Waals surface area (Å²) in [5.74, 6) is -0.753. The van der Waals surface area contributed by atoms with Gasteiger partial charge in [-0.15, -0.1) is 0 Å². The average molecular weight is 116 g/mol. The van der Waals surface area contributed by atoms with Crippen LogP contribution in [0.15, 0.2) is 0 Å². The smallest absolute Gasteiger partial charge is 0.303 e. The molecular formula is C5H10NO2. The highest BCUT2D eigenvalue weighted by atomic mass is 16.4. The minimum atomic E-state index is -0.753. The SMILES string of the molecule is CN[CH]CCC(=O)O. The maximum Gasteiger partial charge on any atom is 0.303 e. The number of rotatable bonds is 4. The fourth-order valence-corrected chi connectivity index (χ4v) is 0.340. The van der Waals surface area contributed by atoms with Gasteiger partial charge in [0.15, 0.2) is 0 Å². The number of carboxylic acid groups (broad SMARTS) is 1. The van der Waals surface area contributed by atoms with Crippen molar-refractivity contribution in [2.75, 3.05) is 7.05 Å². The first-order valence-corrected chi connectivity index (χ1v) is 2.48. The zero-order valence-corrected chi connectivity index (χ0v) is 4.85. The summed E-state index contributed by atoms with van der Waals surface area (Å²) in [6.45, 7) is 1.72. The van der Waals surface area contributed by atoms with Crippen LogP contribution < -0.4 is 5.32 Å². The Morgan fingerprint density at radius 2 is 2.50 bits per heavy atom. The molecule has 0 bridgehead atoms. The van der Waals surface area contributed by atoms with Crippen LogP contribution in [-0.2, 0) is 4.79 Å². The van der Waals surface area contributed by atoms with E-state index in [0.717, 1.165) is 0 Å². The van der Waals surface area contributed by atoms with Gasteiger partial charge in [-0.3, -0.25) is 4.79 Å². The third-order valence-corrected chi connectivity index (χ3v) is 0.707. The van der Waals surface area contributed by atoms with Gasteiger partial charge in [-0.25, -0.2) is 0 Å². The first-order chi connectivity index (χ1) is 3.77. The lowest BCUT2D eigenvalue weighted by Crippen LogP contribution is -2.03. The molecule has 0 heterocycles. The molecule has 47 valence electrons. The molecule has 0 aromatic carbocycles. The first kappa shape index (κ1) is 7.43. The third-order valence-electron chi connectivity index (χ3n) is 0.707. The van der Waals surface area contributed by atoms with E-state index in [1.54, 1.807) is 13.6 Å². The molecule has 0 spiro atoms. The summed E-state index contributed by atoms with van der Waals surface area (Å²) in [7, 11) is 1.75. The Morgan fingerprint density at radius 3 is 2.88 bits per heavy atom. The Labute approximate surface area is 48.7 Å². The monoisotopic (exact) mass is 116 g/mol. The van der Waals surface area contributed by atoms with E-state index in [2.05, 4.69) is 5.32 Å². The summed E-state index contributed by atoms with van der Waals surface area (Å²) in [6.07, 6.45) is 0.798. The molecule has 0 unspecified atom stereocenters. The van der Waals surface area contributed by atoms with E-state index in [1.165, 1.54) is 0 Å². The summed E-state index contributed by atoms with van der Waals surface area (Å²) >= 11 is 0. The molecule has 0 aliphatic heterocycles. The van der Waals surface area contributed by atoms with Gasteiger partial charge in [0.05, 0.1) is 0 Å². The molecule has 3 nitrogen and oxygen atoms in total. The molecule has 3 heteroatoms. The van der Waals surface area contributed by atoms with Crippen molar-refractivity contribution in [3.05, 3.63) is 6.54 Å². The molecule has 0 fully saturated rings. The van der Waals surface area contributed by atoms with Crippen LogP contribution in [0.3, 0.4) is 0 Å². The summed E-state index contributed by atoms with van der Waals surface area (Å²) in [6, 6.07) is 0. The second kappa shape index (κ2) is 4.59.